The first-order chi connectivity index (χ1) is 17.9. The highest BCUT2D eigenvalue weighted by molar-refractivity contribution is 6.34. The molecule has 0 radical (unpaired) electrons. The largest absolute Gasteiger partial charge is 0.497 e. The van der Waals surface area contributed by atoms with Crippen molar-refractivity contribution >= 4 is 34.1 Å². The van der Waals surface area contributed by atoms with Gasteiger partial charge in [-0.1, -0.05) is 60.1 Å². The summed E-state index contributed by atoms with van der Waals surface area (Å²) in [6, 6.07) is 27.9. The van der Waals surface area contributed by atoms with Gasteiger partial charge in [0.05, 0.1) is 35.1 Å². The van der Waals surface area contributed by atoms with E-state index in [4.69, 9.17) is 16.3 Å². The van der Waals surface area contributed by atoms with Crippen LogP contribution >= 0.6 is 11.6 Å². The number of carbonyl (C=O) groups is 1. The van der Waals surface area contributed by atoms with Gasteiger partial charge in [0.1, 0.15) is 11.6 Å². The average Bonchev–Trinajstić information content (AvgIpc) is 2.92. The molecule has 0 spiro atoms. The number of ether oxygens (including phenoxy) is 1. The maximum Gasteiger partial charge on any atom is 0.261 e. The van der Waals surface area contributed by atoms with Crippen LogP contribution in [0.4, 0.5) is 5.69 Å². The van der Waals surface area contributed by atoms with Gasteiger partial charge in [-0.2, -0.15) is 0 Å². The van der Waals surface area contributed by atoms with Gasteiger partial charge in [0.25, 0.3) is 11.5 Å². The lowest BCUT2D eigenvalue weighted by Gasteiger charge is -2.13. The summed E-state index contributed by atoms with van der Waals surface area (Å²) in [5.74, 6) is 1.08. The molecule has 0 bridgehead atoms. The van der Waals surface area contributed by atoms with Gasteiger partial charge in [-0.15, -0.1) is 0 Å². The number of aryl methyl sites for hydroxylation is 1. The summed E-state index contributed by atoms with van der Waals surface area (Å²) in [4.78, 5) is 30.7. The quantitative estimate of drug-likeness (QED) is 0.290. The molecule has 6 nitrogen and oxygen atoms in total. The van der Waals surface area contributed by atoms with E-state index in [-0.39, 0.29) is 11.5 Å². The molecule has 0 atom stereocenters. The number of aromatic nitrogens is 2. The fourth-order valence-electron chi connectivity index (χ4n) is 4.21. The fraction of sp³-hybridized carbons (Fsp3) is 0.100. The van der Waals surface area contributed by atoms with Crippen LogP contribution in [0.2, 0.25) is 5.02 Å². The Hall–Kier alpha value is -4.42. The molecule has 0 saturated carbocycles. The highest BCUT2D eigenvalue weighted by Crippen LogP contribution is 2.23. The van der Waals surface area contributed by atoms with Crippen LogP contribution in [0, 0.1) is 6.92 Å². The van der Waals surface area contributed by atoms with Crippen molar-refractivity contribution < 1.29 is 9.53 Å². The van der Waals surface area contributed by atoms with Crippen molar-refractivity contribution in [3.05, 3.63) is 123 Å². The summed E-state index contributed by atoms with van der Waals surface area (Å²) in [7, 11) is 1.65. The van der Waals surface area contributed by atoms with Crippen LogP contribution in [-0.4, -0.2) is 22.6 Å². The van der Waals surface area contributed by atoms with Gasteiger partial charge in [0.15, 0.2) is 0 Å². The zero-order valence-electron chi connectivity index (χ0n) is 20.4. The van der Waals surface area contributed by atoms with Crippen molar-refractivity contribution in [3.8, 4) is 16.9 Å². The maximum atomic E-state index is 13.4. The first-order valence-electron chi connectivity index (χ1n) is 11.7. The lowest BCUT2D eigenvalue weighted by molar-refractivity contribution is 0.102. The summed E-state index contributed by atoms with van der Waals surface area (Å²) >= 11 is 6.15. The number of halogens is 1. The van der Waals surface area contributed by atoms with Crippen LogP contribution in [0.3, 0.4) is 0 Å². The third kappa shape index (κ3) is 5.10. The smallest absolute Gasteiger partial charge is 0.261 e. The van der Waals surface area contributed by atoms with Gasteiger partial charge >= 0.3 is 0 Å². The second-order valence-corrected chi connectivity index (χ2v) is 9.05. The van der Waals surface area contributed by atoms with Gasteiger partial charge < -0.3 is 10.1 Å². The van der Waals surface area contributed by atoms with E-state index in [2.05, 4.69) is 10.3 Å². The molecule has 4 aromatic carbocycles. The zero-order chi connectivity index (χ0) is 25.9. The summed E-state index contributed by atoms with van der Waals surface area (Å²) in [6.07, 6.45) is 0. The molecule has 7 heteroatoms. The predicted octanol–water partition coefficient (Wildman–Crippen LogP) is 6.33. The van der Waals surface area contributed by atoms with E-state index < -0.39 is 0 Å². The van der Waals surface area contributed by atoms with Crippen molar-refractivity contribution in [2.45, 2.75) is 13.5 Å². The minimum atomic E-state index is -0.345. The minimum Gasteiger partial charge on any atom is -0.497 e. The third-order valence-electron chi connectivity index (χ3n) is 6.24. The second kappa shape index (κ2) is 10.3. The number of benzene rings is 4. The molecule has 0 unspecified atom stereocenters. The van der Waals surface area contributed by atoms with Crippen LogP contribution in [0.1, 0.15) is 21.7 Å². The Morgan fingerprint density at radius 2 is 1.62 bits per heavy atom. The van der Waals surface area contributed by atoms with Crippen LogP contribution in [0.15, 0.2) is 95.8 Å². The van der Waals surface area contributed by atoms with Gasteiger partial charge in [-0.3, -0.25) is 14.2 Å². The number of carbonyl (C=O) groups excluding carboxylic acids is 1. The lowest BCUT2D eigenvalue weighted by Crippen LogP contribution is -2.24. The molecule has 1 heterocycles. The molecular formula is C30H24ClN3O3. The molecule has 0 saturated heterocycles. The Labute approximate surface area is 219 Å². The van der Waals surface area contributed by atoms with Crippen molar-refractivity contribution in [1.29, 1.82) is 0 Å². The Morgan fingerprint density at radius 3 is 2.30 bits per heavy atom. The first-order valence-corrected chi connectivity index (χ1v) is 12.1. The zero-order valence-corrected chi connectivity index (χ0v) is 21.1. The third-order valence-corrected chi connectivity index (χ3v) is 6.57. The van der Waals surface area contributed by atoms with Crippen molar-refractivity contribution in [2.75, 3.05) is 12.4 Å². The average molecular weight is 510 g/mol. The van der Waals surface area contributed by atoms with E-state index in [9.17, 15) is 9.59 Å². The van der Waals surface area contributed by atoms with Crippen LogP contribution in [0.5, 0.6) is 5.75 Å². The summed E-state index contributed by atoms with van der Waals surface area (Å²) in [5, 5.41) is 3.61. The number of nitrogens with zero attached hydrogens (tertiary/aromatic N) is 2. The van der Waals surface area contributed by atoms with Gasteiger partial charge in [-0.25, -0.2) is 4.98 Å². The number of amides is 1. The number of hydrogen-bond acceptors (Lipinski definition) is 4. The van der Waals surface area contributed by atoms with Gasteiger partial charge in [0.2, 0.25) is 0 Å². The highest BCUT2D eigenvalue weighted by atomic mass is 35.5. The van der Waals surface area contributed by atoms with Crippen LogP contribution < -0.4 is 15.6 Å². The van der Waals surface area contributed by atoms with E-state index >= 15 is 0 Å². The number of nitrogens with one attached hydrogen (secondary N) is 1. The predicted molar refractivity (Wildman–Crippen MR) is 148 cm³/mol. The van der Waals surface area contributed by atoms with Gasteiger partial charge in [0, 0.05) is 5.69 Å². The Morgan fingerprint density at radius 1 is 0.946 bits per heavy atom. The highest BCUT2D eigenvalue weighted by Gasteiger charge is 2.13. The van der Waals surface area contributed by atoms with E-state index in [1.54, 1.807) is 54.1 Å². The van der Waals surface area contributed by atoms with Crippen LogP contribution in [-0.2, 0) is 6.54 Å². The SMILES string of the molecule is COc1ccc(-c2ccc(Cn3c(C)nc4ccc(NC(=O)c5ccccc5Cl)cc4c3=O)cc2)cc1. The van der Waals surface area contributed by atoms with Crippen molar-refractivity contribution in [2.24, 2.45) is 0 Å². The molecule has 1 amide bonds. The first kappa shape index (κ1) is 24.3. The van der Waals surface area contributed by atoms with Crippen molar-refractivity contribution in [3.63, 3.8) is 0 Å². The molecule has 37 heavy (non-hydrogen) atoms. The summed E-state index contributed by atoms with van der Waals surface area (Å²) in [5.41, 5.74) is 4.40. The molecule has 184 valence electrons. The topological polar surface area (TPSA) is 73.2 Å². The monoisotopic (exact) mass is 509 g/mol. The molecular weight excluding hydrogens is 486 g/mol. The maximum absolute atomic E-state index is 13.4. The number of anilines is 1. The molecule has 0 fully saturated rings. The molecule has 1 N–H and O–H groups in total. The Bertz CT molecular complexity index is 1660. The second-order valence-electron chi connectivity index (χ2n) is 8.64. The van der Waals surface area contributed by atoms with E-state index in [1.165, 1.54) is 0 Å². The number of fused-ring (bicyclic) bond motifs is 1. The molecule has 5 rings (SSSR count). The van der Waals surface area contributed by atoms with E-state index in [1.807, 2.05) is 55.5 Å². The number of hydrogen-bond donors (Lipinski definition) is 1. The van der Waals surface area contributed by atoms with Crippen molar-refractivity contribution in [1.82, 2.24) is 9.55 Å². The number of rotatable bonds is 6. The summed E-state index contributed by atoms with van der Waals surface area (Å²) < 4.78 is 6.87. The normalized spacial score (nSPS) is 10.9. The lowest BCUT2D eigenvalue weighted by atomic mass is 10.0. The Balaban J connectivity index is 1.41. The number of methoxy groups -OCH3 is 1. The Kier molecular flexibility index (Phi) is 6.75. The molecule has 0 aliphatic carbocycles. The van der Waals surface area contributed by atoms with E-state index in [0.717, 1.165) is 22.4 Å². The van der Waals surface area contributed by atoms with Crippen LogP contribution in [0.25, 0.3) is 22.0 Å². The summed E-state index contributed by atoms with van der Waals surface area (Å²) in [6.45, 7) is 2.20. The fourth-order valence-corrected chi connectivity index (χ4v) is 4.43. The molecule has 1 aromatic heterocycles. The molecule has 5 aromatic rings. The standard InChI is InChI=1S/C30H24ClN3O3/c1-19-32-28-16-13-23(33-29(35)25-5-3-4-6-27(25)31)17-26(28)30(36)34(19)18-20-7-9-21(10-8-20)22-11-14-24(37-2)15-12-22/h3-17H,18H2,1-2H3,(H,33,35). The van der Waals surface area contributed by atoms with E-state index in [0.29, 0.717) is 39.5 Å². The van der Waals surface area contributed by atoms with Gasteiger partial charge in [-0.05, 0) is 66.1 Å². The molecule has 0 aliphatic rings. The minimum absolute atomic E-state index is 0.171. The molecule has 0 aliphatic heterocycles.